The summed E-state index contributed by atoms with van der Waals surface area (Å²) in [4.78, 5) is 35.3. The predicted octanol–water partition coefficient (Wildman–Crippen LogP) is 6.72. The number of amides is 1. The SMILES string of the molecule is CCOC(=O)[C@@H]1[C@@H](C(C)(C)C)[C@H](OCc2cc(C3CCC3)cnc2OC)[C@H](c2ccccc2C2CC2)N1C(=O)C1CCOCC1. The Bertz CT molecular complexity index is 1360. The Morgan fingerprint density at radius 3 is 2.31 bits per heavy atom. The van der Waals surface area contributed by atoms with Crippen molar-refractivity contribution in [2.24, 2.45) is 17.3 Å². The van der Waals surface area contributed by atoms with E-state index < -0.39 is 18.2 Å². The Balaban J connectivity index is 1.46. The largest absolute Gasteiger partial charge is 0.481 e. The van der Waals surface area contributed by atoms with Gasteiger partial charge in [0.05, 0.1) is 32.5 Å². The van der Waals surface area contributed by atoms with Crippen molar-refractivity contribution in [1.82, 2.24) is 9.88 Å². The highest BCUT2D eigenvalue weighted by molar-refractivity contribution is 5.88. The van der Waals surface area contributed by atoms with Crippen LogP contribution < -0.4 is 4.74 Å². The quantitative estimate of drug-likeness (QED) is 0.273. The molecule has 0 bridgehead atoms. The van der Waals surface area contributed by atoms with E-state index in [1.165, 1.54) is 30.4 Å². The maximum atomic E-state index is 14.7. The van der Waals surface area contributed by atoms with Crippen molar-refractivity contribution in [3.05, 3.63) is 58.8 Å². The van der Waals surface area contributed by atoms with Gasteiger partial charge in [-0.2, -0.15) is 0 Å². The van der Waals surface area contributed by atoms with Crippen molar-refractivity contribution < 1.29 is 28.5 Å². The third-order valence-electron chi connectivity index (χ3n) is 10.4. The number of aromatic nitrogens is 1. The Morgan fingerprint density at radius 1 is 1.00 bits per heavy atom. The average molecular weight is 619 g/mol. The van der Waals surface area contributed by atoms with E-state index in [1.54, 1.807) is 7.11 Å². The van der Waals surface area contributed by atoms with Crippen molar-refractivity contribution in [3.8, 4) is 5.88 Å². The molecule has 2 saturated heterocycles. The molecule has 2 aliphatic carbocycles. The highest BCUT2D eigenvalue weighted by Crippen LogP contribution is 2.53. The fourth-order valence-electron chi connectivity index (χ4n) is 7.79. The van der Waals surface area contributed by atoms with Crippen LogP contribution in [0.2, 0.25) is 0 Å². The molecule has 0 N–H and O–H groups in total. The number of esters is 1. The number of pyridine rings is 1. The van der Waals surface area contributed by atoms with Crippen molar-refractivity contribution in [2.45, 2.75) is 109 Å². The van der Waals surface area contributed by atoms with E-state index in [0.717, 1.165) is 24.0 Å². The summed E-state index contributed by atoms with van der Waals surface area (Å²) < 4.78 is 24.2. The van der Waals surface area contributed by atoms with Crippen molar-refractivity contribution >= 4 is 11.9 Å². The summed E-state index contributed by atoms with van der Waals surface area (Å²) in [5.41, 5.74) is 4.07. The van der Waals surface area contributed by atoms with Gasteiger partial charge in [0.15, 0.2) is 0 Å². The van der Waals surface area contributed by atoms with E-state index in [1.807, 2.05) is 24.1 Å². The van der Waals surface area contributed by atoms with E-state index >= 15 is 0 Å². The number of hydrogen-bond acceptors (Lipinski definition) is 7. The number of likely N-dealkylation sites (tertiary alicyclic amines) is 1. The Morgan fingerprint density at radius 2 is 1.71 bits per heavy atom. The summed E-state index contributed by atoms with van der Waals surface area (Å²) >= 11 is 0. The lowest BCUT2D eigenvalue weighted by atomic mass is 9.73. The average Bonchev–Trinajstić information content (AvgIpc) is 3.79. The zero-order valence-corrected chi connectivity index (χ0v) is 27.6. The van der Waals surface area contributed by atoms with Crippen LogP contribution in [0.4, 0.5) is 0 Å². The zero-order valence-electron chi connectivity index (χ0n) is 27.6. The molecule has 0 unspecified atom stereocenters. The van der Waals surface area contributed by atoms with Gasteiger partial charge in [-0.15, -0.1) is 0 Å². The standard InChI is InChI=1S/C37H50N2O6/c1-6-44-36(41)32-30(37(2,3)4)33(45-22-27-20-26(23-10-9-11-23)21-38-34(27)42-5)31(29-13-8-7-12-28(29)24-14-15-24)39(32)35(40)25-16-18-43-19-17-25/h7-8,12-13,20-21,23-25,30-33H,6,9-11,14-19,22H2,1-5H3/t30-,31+,32+,33+/m1/s1. The first-order valence-electron chi connectivity index (χ1n) is 17.0. The van der Waals surface area contributed by atoms with Gasteiger partial charge in [-0.3, -0.25) is 4.79 Å². The van der Waals surface area contributed by atoms with Gasteiger partial charge in [0.1, 0.15) is 6.04 Å². The van der Waals surface area contributed by atoms with Gasteiger partial charge in [-0.25, -0.2) is 9.78 Å². The molecule has 4 fully saturated rings. The van der Waals surface area contributed by atoms with Crippen LogP contribution in [0.25, 0.3) is 0 Å². The fourth-order valence-corrected chi connectivity index (χ4v) is 7.79. The number of carbonyl (C=O) groups excluding carboxylic acids is 2. The number of ether oxygens (including phenoxy) is 4. The van der Waals surface area contributed by atoms with Crippen molar-refractivity contribution in [2.75, 3.05) is 26.9 Å². The van der Waals surface area contributed by atoms with Gasteiger partial charge >= 0.3 is 5.97 Å². The number of rotatable bonds is 10. The first-order valence-corrected chi connectivity index (χ1v) is 17.0. The molecule has 1 aromatic carbocycles. The van der Waals surface area contributed by atoms with Crippen LogP contribution in [-0.4, -0.2) is 60.8 Å². The van der Waals surface area contributed by atoms with E-state index in [2.05, 4.69) is 50.0 Å². The molecule has 0 spiro atoms. The highest BCUT2D eigenvalue weighted by atomic mass is 16.5. The first-order chi connectivity index (χ1) is 21.7. The van der Waals surface area contributed by atoms with Crippen LogP contribution in [0, 0.1) is 17.3 Å². The smallest absolute Gasteiger partial charge is 0.329 e. The molecule has 3 heterocycles. The minimum atomic E-state index is -0.774. The Hall–Kier alpha value is -2.97. The van der Waals surface area contributed by atoms with Gasteiger partial charge in [-0.05, 0) is 85.5 Å². The number of benzene rings is 1. The predicted molar refractivity (Wildman–Crippen MR) is 171 cm³/mol. The second-order valence-corrected chi connectivity index (χ2v) is 14.4. The molecule has 0 radical (unpaired) electrons. The van der Waals surface area contributed by atoms with Crippen LogP contribution >= 0.6 is 0 Å². The number of methoxy groups -OCH3 is 1. The number of hydrogen-bond donors (Lipinski definition) is 0. The topological polar surface area (TPSA) is 87.2 Å². The summed E-state index contributed by atoms with van der Waals surface area (Å²) in [6.45, 7) is 9.87. The van der Waals surface area contributed by atoms with Crippen LogP contribution in [0.1, 0.15) is 113 Å². The minimum Gasteiger partial charge on any atom is -0.481 e. The lowest BCUT2D eigenvalue weighted by Gasteiger charge is -2.36. The van der Waals surface area contributed by atoms with Gasteiger partial charge in [-0.1, -0.05) is 51.5 Å². The van der Waals surface area contributed by atoms with E-state index in [-0.39, 0.29) is 42.3 Å². The van der Waals surface area contributed by atoms with Gasteiger partial charge < -0.3 is 23.8 Å². The monoisotopic (exact) mass is 618 g/mol. The second-order valence-electron chi connectivity index (χ2n) is 14.4. The lowest BCUT2D eigenvalue weighted by molar-refractivity contribution is -0.159. The second kappa shape index (κ2) is 13.4. The minimum absolute atomic E-state index is 0.00136. The third-order valence-corrected chi connectivity index (χ3v) is 10.4. The molecule has 4 atom stereocenters. The van der Waals surface area contributed by atoms with E-state index in [4.69, 9.17) is 18.9 Å². The van der Waals surface area contributed by atoms with Gasteiger partial charge in [0, 0.05) is 36.8 Å². The summed E-state index contributed by atoms with van der Waals surface area (Å²) in [5.74, 6) is 0.647. The van der Waals surface area contributed by atoms with Crippen molar-refractivity contribution in [3.63, 3.8) is 0 Å². The molecule has 1 amide bonds. The molecule has 244 valence electrons. The molecule has 4 aliphatic rings. The molecule has 2 aliphatic heterocycles. The highest BCUT2D eigenvalue weighted by Gasteiger charge is 2.60. The Labute approximate surface area is 268 Å². The maximum absolute atomic E-state index is 14.7. The molecular formula is C37H50N2O6. The molecule has 45 heavy (non-hydrogen) atoms. The summed E-state index contributed by atoms with van der Waals surface area (Å²) in [6, 6.07) is 9.43. The zero-order chi connectivity index (χ0) is 31.7. The van der Waals surface area contributed by atoms with Crippen LogP contribution in [-0.2, 0) is 30.4 Å². The molecule has 2 aromatic rings. The molecular weight excluding hydrogens is 568 g/mol. The van der Waals surface area contributed by atoms with Gasteiger partial charge in [0.2, 0.25) is 11.8 Å². The van der Waals surface area contributed by atoms with Crippen LogP contribution in [0.5, 0.6) is 5.88 Å². The fraction of sp³-hybridized carbons (Fsp3) is 0.649. The number of carbonyl (C=O) groups is 2. The van der Waals surface area contributed by atoms with E-state index in [0.29, 0.717) is 43.8 Å². The van der Waals surface area contributed by atoms with Crippen molar-refractivity contribution in [1.29, 1.82) is 0 Å². The molecule has 6 rings (SSSR count). The van der Waals surface area contributed by atoms with Gasteiger partial charge in [0.25, 0.3) is 0 Å². The lowest BCUT2D eigenvalue weighted by Crippen LogP contribution is -2.50. The normalized spacial score (nSPS) is 26.0. The van der Waals surface area contributed by atoms with Crippen LogP contribution in [0.3, 0.4) is 0 Å². The number of nitrogens with zero attached hydrogens (tertiary/aromatic N) is 2. The summed E-state index contributed by atoms with van der Waals surface area (Å²) in [7, 11) is 1.64. The maximum Gasteiger partial charge on any atom is 0.329 e. The molecule has 2 saturated carbocycles. The van der Waals surface area contributed by atoms with Crippen LogP contribution in [0.15, 0.2) is 36.5 Å². The van der Waals surface area contributed by atoms with E-state index in [9.17, 15) is 9.59 Å². The first kappa shape index (κ1) is 32.0. The molecule has 8 nitrogen and oxygen atoms in total. The summed E-state index contributed by atoms with van der Waals surface area (Å²) in [6.07, 6.45) is 8.61. The molecule has 8 heteroatoms. The Kier molecular flexibility index (Phi) is 9.53. The molecule has 1 aromatic heterocycles. The summed E-state index contributed by atoms with van der Waals surface area (Å²) in [5, 5.41) is 0. The third kappa shape index (κ3) is 6.50.